The van der Waals surface area contributed by atoms with Crippen molar-refractivity contribution in [2.75, 3.05) is 0 Å². The second-order valence-corrected chi connectivity index (χ2v) is 6.05. The van der Waals surface area contributed by atoms with Gasteiger partial charge in [-0.25, -0.2) is 8.78 Å². The van der Waals surface area contributed by atoms with E-state index in [0.717, 1.165) is 34.9 Å². The van der Waals surface area contributed by atoms with Gasteiger partial charge >= 0.3 is 0 Å². The van der Waals surface area contributed by atoms with Gasteiger partial charge in [0.2, 0.25) is 0 Å². The maximum atomic E-state index is 13.6. The molecule has 108 valence electrons. The third kappa shape index (κ3) is 3.23. The van der Waals surface area contributed by atoms with E-state index >= 15 is 0 Å². The van der Waals surface area contributed by atoms with Crippen molar-refractivity contribution in [1.29, 1.82) is 0 Å². The van der Waals surface area contributed by atoms with Gasteiger partial charge in [-0.05, 0) is 41.4 Å². The Morgan fingerprint density at radius 1 is 1.30 bits per heavy atom. The minimum Gasteiger partial charge on any atom is -0.268 e. The average Bonchev–Trinajstić information content (AvgIpc) is 2.74. The van der Waals surface area contributed by atoms with Gasteiger partial charge in [-0.3, -0.25) is 4.68 Å². The van der Waals surface area contributed by atoms with Crippen LogP contribution in [0.5, 0.6) is 0 Å². The number of benzene rings is 1. The molecule has 0 radical (unpaired) electrons. The predicted octanol–water partition coefficient (Wildman–Crippen LogP) is 4.80. The fraction of sp³-hybridized carbons (Fsp3) is 0.357. The van der Waals surface area contributed by atoms with Gasteiger partial charge in [-0.1, -0.05) is 6.92 Å². The molecular formula is C14H15BrF2N2S. The molecule has 0 saturated heterocycles. The zero-order valence-electron chi connectivity index (χ0n) is 11.3. The van der Waals surface area contributed by atoms with E-state index in [1.165, 1.54) is 23.9 Å². The highest BCUT2D eigenvalue weighted by molar-refractivity contribution is 9.10. The molecule has 2 aromatic rings. The standard InChI is InChI=1S/C14H15BrF2N2S/c1-3-11-14(15)12(19(4-2)18-11)8-20-13-6-5-9(16)7-10(13)17/h5-7H,3-4,8H2,1-2H3. The summed E-state index contributed by atoms with van der Waals surface area (Å²) in [4.78, 5) is 0.445. The Balaban J connectivity index is 2.20. The van der Waals surface area contributed by atoms with Crippen molar-refractivity contribution in [3.8, 4) is 0 Å². The number of thioether (sulfide) groups is 1. The number of nitrogens with zero attached hydrogens (tertiary/aromatic N) is 2. The van der Waals surface area contributed by atoms with Crippen LogP contribution in [-0.4, -0.2) is 9.78 Å². The zero-order chi connectivity index (χ0) is 14.7. The molecule has 0 spiro atoms. The van der Waals surface area contributed by atoms with Crippen LogP contribution in [0.3, 0.4) is 0 Å². The molecule has 0 saturated carbocycles. The molecule has 0 fully saturated rings. The maximum absolute atomic E-state index is 13.6. The van der Waals surface area contributed by atoms with E-state index in [9.17, 15) is 8.78 Å². The summed E-state index contributed by atoms with van der Waals surface area (Å²) in [5.74, 6) is -0.492. The summed E-state index contributed by atoms with van der Waals surface area (Å²) < 4.78 is 29.4. The second-order valence-electron chi connectivity index (χ2n) is 4.24. The Labute approximate surface area is 129 Å². The van der Waals surface area contributed by atoms with Crippen molar-refractivity contribution in [1.82, 2.24) is 9.78 Å². The first-order chi connectivity index (χ1) is 9.56. The number of halogens is 3. The van der Waals surface area contributed by atoms with Crippen LogP contribution < -0.4 is 0 Å². The molecule has 1 aromatic heterocycles. The Morgan fingerprint density at radius 3 is 2.65 bits per heavy atom. The Hall–Kier alpha value is -0.880. The second kappa shape index (κ2) is 6.72. The molecular weight excluding hydrogens is 346 g/mol. The average molecular weight is 361 g/mol. The van der Waals surface area contributed by atoms with E-state index in [1.54, 1.807) is 0 Å². The zero-order valence-corrected chi connectivity index (χ0v) is 13.7. The van der Waals surface area contributed by atoms with Crippen LogP contribution in [-0.2, 0) is 18.7 Å². The fourth-order valence-corrected chi connectivity index (χ4v) is 3.73. The highest BCUT2D eigenvalue weighted by atomic mass is 79.9. The van der Waals surface area contributed by atoms with Crippen LogP contribution in [0.15, 0.2) is 27.6 Å². The van der Waals surface area contributed by atoms with E-state index in [0.29, 0.717) is 10.6 Å². The molecule has 20 heavy (non-hydrogen) atoms. The van der Waals surface area contributed by atoms with Crippen LogP contribution in [0.2, 0.25) is 0 Å². The topological polar surface area (TPSA) is 17.8 Å². The monoisotopic (exact) mass is 360 g/mol. The highest BCUT2D eigenvalue weighted by Gasteiger charge is 2.15. The van der Waals surface area contributed by atoms with Crippen molar-refractivity contribution in [3.63, 3.8) is 0 Å². The maximum Gasteiger partial charge on any atom is 0.139 e. The van der Waals surface area contributed by atoms with E-state index in [4.69, 9.17) is 0 Å². The summed E-state index contributed by atoms with van der Waals surface area (Å²) in [5, 5.41) is 4.50. The molecule has 1 heterocycles. The summed E-state index contributed by atoms with van der Waals surface area (Å²) in [6.45, 7) is 4.83. The van der Waals surface area contributed by atoms with Gasteiger partial charge in [0.25, 0.3) is 0 Å². The fourth-order valence-electron chi connectivity index (χ4n) is 1.89. The number of hydrogen-bond donors (Lipinski definition) is 0. The summed E-state index contributed by atoms with van der Waals surface area (Å²) in [5.41, 5.74) is 2.03. The van der Waals surface area contributed by atoms with Crippen molar-refractivity contribution < 1.29 is 8.78 Å². The van der Waals surface area contributed by atoms with Crippen molar-refractivity contribution in [2.24, 2.45) is 0 Å². The smallest absolute Gasteiger partial charge is 0.139 e. The minimum absolute atomic E-state index is 0.445. The Kier molecular flexibility index (Phi) is 5.21. The Bertz CT molecular complexity index is 613. The van der Waals surface area contributed by atoms with Crippen LogP contribution in [0.4, 0.5) is 8.78 Å². The molecule has 0 bridgehead atoms. The van der Waals surface area contributed by atoms with E-state index in [2.05, 4.69) is 21.0 Å². The molecule has 0 amide bonds. The van der Waals surface area contributed by atoms with Gasteiger partial charge in [-0.15, -0.1) is 11.8 Å². The first-order valence-electron chi connectivity index (χ1n) is 6.38. The van der Waals surface area contributed by atoms with Crippen LogP contribution in [0, 0.1) is 11.6 Å². The summed E-state index contributed by atoms with van der Waals surface area (Å²) in [7, 11) is 0. The normalized spacial score (nSPS) is 11.1. The lowest BCUT2D eigenvalue weighted by Crippen LogP contribution is -2.02. The van der Waals surface area contributed by atoms with E-state index < -0.39 is 11.6 Å². The summed E-state index contributed by atoms with van der Waals surface area (Å²) in [6.07, 6.45) is 0.843. The number of aromatic nitrogens is 2. The van der Waals surface area contributed by atoms with Crippen LogP contribution in [0.1, 0.15) is 25.2 Å². The number of aryl methyl sites for hydroxylation is 2. The van der Waals surface area contributed by atoms with Crippen LogP contribution in [0.25, 0.3) is 0 Å². The van der Waals surface area contributed by atoms with Gasteiger partial charge in [0.15, 0.2) is 0 Å². The third-order valence-electron chi connectivity index (χ3n) is 2.95. The van der Waals surface area contributed by atoms with Gasteiger partial charge in [-0.2, -0.15) is 5.10 Å². The lowest BCUT2D eigenvalue weighted by atomic mass is 10.3. The first-order valence-corrected chi connectivity index (χ1v) is 8.16. The first kappa shape index (κ1) is 15.5. The number of hydrogen-bond acceptors (Lipinski definition) is 2. The van der Waals surface area contributed by atoms with E-state index in [1.807, 2.05) is 18.5 Å². The molecule has 0 N–H and O–H groups in total. The largest absolute Gasteiger partial charge is 0.268 e. The molecule has 0 aliphatic rings. The summed E-state index contributed by atoms with van der Waals surface area (Å²) >= 11 is 4.90. The van der Waals surface area contributed by atoms with Gasteiger partial charge in [0.1, 0.15) is 11.6 Å². The third-order valence-corrected chi connectivity index (χ3v) is 4.93. The highest BCUT2D eigenvalue weighted by Crippen LogP contribution is 2.31. The van der Waals surface area contributed by atoms with Crippen molar-refractivity contribution >= 4 is 27.7 Å². The Morgan fingerprint density at radius 2 is 2.05 bits per heavy atom. The minimum atomic E-state index is -0.556. The van der Waals surface area contributed by atoms with Crippen molar-refractivity contribution in [3.05, 3.63) is 45.7 Å². The molecule has 1 aromatic carbocycles. The van der Waals surface area contributed by atoms with Gasteiger partial charge < -0.3 is 0 Å². The van der Waals surface area contributed by atoms with Crippen molar-refractivity contribution in [2.45, 2.75) is 37.5 Å². The molecule has 0 unspecified atom stereocenters. The molecule has 2 nitrogen and oxygen atoms in total. The summed E-state index contributed by atoms with van der Waals surface area (Å²) in [6, 6.07) is 3.65. The molecule has 0 atom stereocenters. The molecule has 2 rings (SSSR count). The molecule has 0 aliphatic carbocycles. The van der Waals surface area contributed by atoms with Gasteiger partial charge in [0, 0.05) is 23.3 Å². The SMILES string of the molecule is CCc1nn(CC)c(CSc2ccc(F)cc2F)c1Br. The number of rotatable bonds is 5. The lowest BCUT2D eigenvalue weighted by molar-refractivity contribution is 0.565. The predicted molar refractivity (Wildman–Crippen MR) is 80.9 cm³/mol. The van der Waals surface area contributed by atoms with Gasteiger partial charge in [0.05, 0.1) is 15.9 Å². The van der Waals surface area contributed by atoms with E-state index in [-0.39, 0.29) is 0 Å². The quantitative estimate of drug-likeness (QED) is 0.712. The molecule has 0 aliphatic heterocycles. The van der Waals surface area contributed by atoms with Crippen LogP contribution >= 0.6 is 27.7 Å². The molecule has 6 heteroatoms. The lowest BCUT2D eigenvalue weighted by Gasteiger charge is -2.06.